The van der Waals surface area contributed by atoms with Crippen LogP contribution in [-0.4, -0.2) is 49.0 Å². The van der Waals surface area contributed by atoms with Crippen LogP contribution >= 0.6 is 11.6 Å². The van der Waals surface area contributed by atoms with E-state index in [1.54, 1.807) is 12.0 Å². The van der Waals surface area contributed by atoms with E-state index >= 15 is 0 Å². The first kappa shape index (κ1) is 18.0. The quantitative estimate of drug-likeness (QED) is 0.605. The molecular weight excluding hydrogens is 358 g/mol. The van der Waals surface area contributed by atoms with Crippen molar-refractivity contribution in [1.82, 2.24) is 4.90 Å². The molecule has 0 atom stereocenters. The van der Waals surface area contributed by atoms with Gasteiger partial charge in [-0.15, -0.1) is 0 Å². The number of carbonyl (C=O) groups is 1. The smallest absolute Gasteiger partial charge is 0.282 e. The normalized spacial score (nSPS) is 14.2. The summed E-state index contributed by atoms with van der Waals surface area (Å²) in [6, 6.07) is 11.7. The van der Waals surface area contributed by atoms with Gasteiger partial charge in [-0.05, 0) is 24.3 Å². The largest absolute Gasteiger partial charge is 0.495 e. The molecule has 2 aromatic carbocycles. The van der Waals surface area contributed by atoms with Crippen LogP contribution in [0.2, 0.25) is 5.02 Å². The van der Waals surface area contributed by atoms with Gasteiger partial charge in [0.05, 0.1) is 17.7 Å². The number of methoxy groups -OCH3 is 1. The van der Waals surface area contributed by atoms with Gasteiger partial charge >= 0.3 is 0 Å². The second-order valence-corrected chi connectivity index (χ2v) is 6.31. The first-order valence-electron chi connectivity index (χ1n) is 8.12. The third kappa shape index (κ3) is 3.57. The molecular formula is C18H18ClN3O4. The van der Waals surface area contributed by atoms with Gasteiger partial charge in [-0.1, -0.05) is 23.7 Å². The summed E-state index contributed by atoms with van der Waals surface area (Å²) in [5.41, 5.74) is 0.760. The van der Waals surface area contributed by atoms with Gasteiger partial charge in [0.15, 0.2) is 0 Å². The zero-order valence-electron chi connectivity index (χ0n) is 14.2. The van der Waals surface area contributed by atoms with E-state index in [1.807, 2.05) is 24.3 Å². The Bertz CT molecular complexity index is 835. The minimum absolute atomic E-state index is 0.0215. The van der Waals surface area contributed by atoms with Gasteiger partial charge in [0.2, 0.25) is 0 Å². The minimum atomic E-state index is -0.561. The number of para-hydroxylation sites is 2. The Kier molecular flexibility index (Phi) is 5.27. The molecule has 0 N–H and O–H groups in total. The van der Waals surface area contributed by atoms with Crippen LogP contribution < -0.4 is 9.64 Å². The van der Waals surface area contributed by atoms with Crippen LogP contribution in [0.4, 0.5) is 11.4 Å². The fraction of sp³-hybridized carbons (Fsp3) is 0.278. The monoisotopic (exact) mass is 375 g/mol. The molecule has 136 valence electrons. The number of nitrogens with zero attached hydrogens (tertiary/aromatic N) is 3. The Morgan fingerprint density at radius 1 is 1.15 bits per heavy atom. The predicted molar refractivity (Wildman–Crippen MR) is 99.2 cm³/mol. The van der Waals surface area contributed by atoms with Crippen molar-refractivity contribution in [2.24, 2.45) is 0 Å². The van der Waals surface area contributed by atoms with E-state index in [9.17, 15) is 14.9 Å². The van der Waals surface area contributed by atoms with Gasteiger partial charge in [-0.3, -0.25) is 14.9 Å². The predicted octanol–water partition coefficient (Wildman–Crippen LogP) is 3.22. The van der Waals surface area contributed by atoms with Crippen molar-refractivity contribution < 1.29 is 14.5 Å². The zero-order chi connectivity index (χ0) is 18.7. The molecule has 0 aromatic heterocycles. The molecule has 1 amide bonds. The fourth-order valence-corrected chi connectivity index (χ4v) is 3.22. The van der Waals surface area contributed by atoms with Crippen molar-refractivity contribution in [3.8, 4) is 5.75 Å². The van der Waals surface area contributed by atoms with Crippen molar-refractivity contribution in [3.63, 3.8) is 0 Å². The standard InChI is InChI=1S/C18H18ClN3O4/c1-26-17-5-3-2-4-16(17)20-8-10-21(11-9-20)18(23)14-12-13(19)6-7-15(14)22(24)25/h2-7,12H,8-11H2,1H3. The maximum Gasteiger partial charge on any atom is 0.282 e. The Hall–Kier alpha value is -2.80. The van der Waals surface area contributed by atoms with Gasteiger partial charge < -0.3 is 14.5 Å². The molecule has 1 aliphatic heterocycles. The molecule has 0 aliphatic carbocycles. The number of piperazine rings is 1. The van der Waals surface area contributed by atoms with Crippen LogP contribution in [-0.2, 0) is 0 Å². The molecule has 8 heteroatoms. The molecule has 1 heterocycles. The second-order valence-electron chi connectivity index (χ2n) is 5.87. The number of benzene rings is 2. The summed E-state index contributed by atoms with van der Waals surface area (Å²) < 4.78 is 5.39. The third-order valence-corrected chi connectivity index (χ3v) is 4.61. The van der Waals surface area contributed by atoms with Crippen molar-refractivity contribution in [2.45, 2.75) is 0 Å². The molecule has 0 spiro atoms. The summed E-state index contributed by atoms with van der Waals surface area (Å²) in [4.78, 5) is 27.1. The number of amides is 1. The van der Waals surface area contributed by atoms with Crippen molar-refractivity contribution >= 4 is 28.9 Å². The first-order valence-corrected chi connectivity index (χ1v) is 8.50. The highest BCUT2D eigenvalue weighted by Gasteiger charge is 2.28. The lowest BCUT2D eigenvalue weighted by molar-refractivity contribution is -0.385. The Labute approximate surface area is 155 Å². The molecule has 0 unspecified atom stereocenters. The fourth-order valence-electron chi connectivity index (χ4n) is 3.05. The van der Waals surface area contributed by atoms with Crippen LogP contribution in [0.15, 0.2) is 42.5 Å². The molecule has 7 nitrogen and oxygen atoms in total. The molecule has 0 bridgehead atoms. The first-order chi connectivity index (χ1) is 12.5. The van der Waals surface area contributed by atoms with Gasteiger partial charge in [-0.2, -0.15) is 0 Å². The van der Waals surface area contributed by atoms with E-state index in [0.29, 0.717) is 31.2 Å². The van der Waals surface area contributed by atoms with Crippen LogP contribution in [0.25, 0.3) is 0 Å². The summed E-state index contributed by atoms with van der Waals surface area (Å²) in [5, 5.41) is 11.5. The lowest BCUT2D eigenvalue weighted by Crippen LogP contribution is -2.49. The number of hydrogen-bond acceptors (Lipinski definition) is 5. The third-order valence-electron chi connectivity index (χ3n) is 4.38. The van der Waals surface area contributed by atoms with Crippen LogP contribution in [0.1, 0.15) is 10.4 Å². The lowest BCUT2D eigenvalue weighted by atomic mass is 10.1. The number of halogens is 1. The number of nitro groups is 1. The molecule has 0 saturated carbocycles. The topological polar surface area (TPSA) is 75.9 Å². The number of rotatable bonds is 4. The molecule has 1 aliphatic rings. The summed E-state index contributed by atoms with van der Waals surface area (Å²) in [5.74, 6) is 0.400. The highest BCUT2D eigenvalue weighted by atomic mass is 35.5. The van der Waals surface area contributed by atoms with Crippen molar-refractivity contribution in [1.29, 1.82) is 0 Å². The van der Waals surface area contributed by atoms with Crippen LogP contribution in [0.5, 0.6) is 5.75 Å². The van der Waals surface area contributed by atoms with Gasteiger partial charge in [0.25, 0.3) is 11.6 Å². The van der Waals surface area contributed by atoms with E-state index in [2.05, 4.69) is 4.90 Å². The van der Waals surface area contributed by atoms with E-state index < -0.39 is 4.92 Å². The average molecular weight is 376 g/mol. The highest BCUT2D eigenvalue weighted by molar-refractivity contribution is 6.31. The number of carbonyl (C=O) groups excluding carboxylic acids is 1. The second kappa shape index (κ2) is 7.61. The molecule has 2 aromatic rings. The molecule has 26 heavy (non-hydrogen) atoms. The number of ether oxygens (including phenoxy) is 1. The maximum absolute atomic E-state index is 12.8. The molecule has 1 fully saturated rings. The lowest BCUT2D eigenvalue weighted by Gasteiger charge is -2.36. The minimum Gasteiger partial charge on any atom is -0.495 e. The van der Waals surface area contributed by atoms with E-state index in [1.165, 1.54) is 18.2 Å². The summed E-state index contributed by atoms with van der Waals surface area (Å²) in [6.45, 7) is 2.14. The highest BCUT2D eigenvalue weighted by Crippen LogP contribution is 2.29. The van der Waals surface area contributed by atoms with Gasteiger partial charge in [-0.25, -0.2) is 0 Å². The van der Waals surface area contributed by atoms with Crippen molar-refractivity contribution in [3.05, 3.63) is 63.2 Å². The van der Waals surface area contributed by atoms with Gasteiger partial charge in [0.1, 0.15) is 11.3 Å². The Morgan fingerprint density at radius 2 is 1.85 bits per heavy atom. The number of nitro benzene ring substituents is 1. The van der Waals surface area contributed by atoms with E-state index in [0.717, 1.165) is 11.4 Å². The average Bonchev–Trinajstić information content (AvgIpc) is 2.67. The van der Waals surface area contributed by atoms with Crippen molar-refractivity contribution in [2.75, 3.05) is 38.2 Å². The summed E-state index contributed by atoms with van der Waals surface area (Å²) >= 11 is 5.93. The van der Waals surface area contributed by atoms with E-state index in [-0.39, 0.29) is 17.2 Å². The SMILES string of the molecule is COc1ccccc1N1CCN(C(=O)c2cc(Cl)ccc2[N+](=O)[O-])CC1. The van der Waals surface area contributed by atoms with Crippen LogP contribution in [0, 0.1) is 10.1 Å². The Balaban J connectivity index is 1.75. The summed E-state index contributed by atoms with van der Waals surface area (Å²) in [6.07, 6.45) is 0. The number of anilines is 1. The zero-order valence-corrected chi connectivity index (χ0v) is 15.0. The number of hydrogen-bond donors (Lipinski definition) is 0. The van der Waals surface area contributed by atoms with Crippen LogP contribution in [0.3, 0.4) is 0 Å². The molecule has 1 saturated heterocycles. The van der Waals surface area contributed by atoms with Gasteiger partial charge in [0, 0.05) is 37.3 Å². The summed E-state index contributed by atoms with van der Waals surface area (Å²) in [7, 11) is 1.62. The maximum atomic E-state index is 12.8. The molecule has 3 rings (SSSR count). The molecule has 0 radical (unpaired) electrons. The van der Waals surface area contributed by atoms with E-state index in [4.69, 9.17) is 16.3 Å². The Morgan fingerprint density at radius 3 is 2.50 bits per heavy atom.